The molecule has 2 aliphatic heterocycles. The molecule has 8 heteroatoms. The maximum atomic E-state index is 12.6. The second-order valence-corrected chi connectivity index (χ2v) is 6.47. The van der Waals surface area contributed by atoms with E-state index in [0.29, 0.717) is 30.2 Å². The summed E-state index contributed by atoms with van der Waals surface area (Å²) in [6, 6.07) is 4.44. The summed E-state index contributed by atoms with van der Waals surface area (Å²) in [7, 11) is 0. The smallest absolute Gasteiger partial charge is 0.270 e. The first-order valence-electron chi connectivity index (χ1n) is 8.28. The van der Waals surface area contributed by atoms with Crippen LogP contribution < -0.4 is 10.9 Å². The summed E-state index contributed by atoms with van der Waals surface area (Å²) in [5.41, 5.74) is 0.844. The molecular weight excluding hydrogens is 326 g/mol. The predicted octanol–water partition coefficient (Wildman–Crippen LogP) is 1.41. The SMILES string of the molecule is O=C1CC(c2ccc(O)c(O)c2)c2c(n(C3CCOCC3)[nH]c2=O)N1. The number of hydrogen-bond acceptors (Lipinski definition) is 5. The molecule has 0 radical (unpaired) electrons. The Hall–Kier alpha value is -2.74. The Bertz CT molecular complexity index is 879. The minimum atomic E-state index is -0.472. The quantitative estimate of drug-likeness (QED) is 0.614. The molecule has 4 rings (SSSR count). The molecule has 1 aromatic carbocycles. The van der Waals surface area contributed by atoms with Gasteiger partial charge in [0.25, 0.3) is 5.56 Å². The summed E-state index contributed by atoms with van der Waals surface area (Å²) in [5, 5.41) is 24.9. The first-order valence-corrected chi connectivity index (χ1v) is 8.28. The number of anilines is 1. The van der Waals surface area contributed by atoms with E-state index in [1.807, 2.05) is 0 Å². The monoisotopic (exact) mass is 345 g/mol. The summed E-state index contributed by atoms with van der Waals surface area (Å²) in [5.74, 6) is -0.682. The van der Waals surface area contributed by atoms with Crippen LogP contribution in [0.2, 0.25) is 0 Å². The zero-order valence-electron chi connectivity index (χ0n) is 13.5. The first kappa shape index (κ1) is 15.8. The second kappa shape index (κ2) is 5.96. The van der Waals surface area contributed by atoms with Crippen LogP contribution in [0.15, 0.2) is 23.0 Å². The fraction of sp³-hybridized carbons (Fsp3) is 0.412. The van der Waals surface area contributed by atoms with Crippen molar-refractivity contribution in [3.8, 4) is 11.5 Å². The fourth-order valence-electron chi connectivity index (χ4n) is 3.64. The molecule has 1 aromatic heterocycles. The van der Waals surface area contributed by atoms with Gasteiger partial charge in [-0.1, -0.05) is 6.07 Å². The van der Waals surface area contributed by atoms with Crippen molar-refractivity contribution in [2.24, 2.45) is 0 Å². The largest absolute Gasteiger partial charge is 0.504 e. The molecule has 0 saturated carbocycles. The van der Waals surface area contributed by atoms with Gasteiger partial charge < -0.3 is 20.3 Å². The molecule has 0 spiro atoms. The Morgan fingerprint density at radius 1 is 1.12 bits per heavy atom. The number of aromatic nitrogens is 2. The van der Waals surface area contributed by atoms with Crippen LogP contribution in [0.3, 0.4) is 0 Å². The van der Waals surface area contributed by atoms with Crippen LogP contribution in [0.5, 0.6) is 11.5 Å². The highest BCUT2D eigenvalue weighted by atomic mass is 16.5. The lowest BCUT2D eigenvalue weighted by atomic mass is 9.87. The van der Waals surface area contributed by atoms with Crippen LogP contribution in [0.25, 0.3) is 0 Å². The average molecular weight is 345 g/mol. The Morgan fingerprint density at radius 3 is 2.60 bits per heavy atom. The number of ether oxygens (including phenoxy) is 1. The summed E-state index contributed by atoms with van der Waals surface area (Å²) in [6.07, 6.45) is 1.63. The highest BCUT2D eigenvalue weighted by molar-refractivity contribution is 5.94. The van der Waals surface area contributed by atoms with E-state index in [1.54, 1.807) is 10.7 Å². The number of aromatic hydroxyl groups is 2. The molecule has 3 heterocycles. The van der Waals surface area contributed by atoms with Crippen LogP contribution in [-0.2, 0) is 9.53 Å². The topological polar surface area (TPSA) is 117 Å². The predicted molar refractivity (Wildman–Crippen MR) is 89.0 cm³/mol. The number of amides is 1. The summed E-state index contributed by atoms with van der Waals surface area (Å²) in [6.45, 7) is 1.23. The number of fused-ring (bicyclic) bond motifs is 1. The number of nitrogens with zero attached hydrogens (tertiary/aromatic N) is 1. The number of carbonyl (C=O) groups is 1. The third kappa shape index (κ3) is 2.68. The van der Waals surface area contributed by atoms with Crippen molar-refractivity contribution in [3.63, 3.8) is 0 Å². The molecule has 2 aromatic rings. The maximum absolute atomic E-state index is 12.6. The average Bonchev–Trinajstić information content (AvgIpc) is 2.94. The van der Waals surface area contributed by atoms with Gasteiger partial charge in [0.15, 0.2) is 11.5 Å². The molecule has 1 fully saturated rings. The third-order valence-electron chi connectivity index (χ3n) is 4.92. The van der Waals surface area contributed by atoms with Crippen LogP contribution in [0.4, 0.5) is 5.82 Å². The molecule has 1 saturated heterocycles. The standard InChI is InChI=1S/C17H19N3O5/c21-12-2-1-9(7-13(12)22)11-8-14(23)18-16-15(11)17(24)19-20(16)10-3-5-25-6-4-10/h1-2,7,10-11,21-22H,3-6,8H2,(H,18,23)(H,19,24). The number of rotatable bonds is 2. The molecule has 4 N–H and O–H groups in total. The Morgan fingerprint density at radius 2 is 1.88 bits per heavy atom. The number of carbonyl (C=O) groups excluding carboxylic acids is 1. The lowest BCUT2D eigenvalue weighted by Gasteiger charge is -2.28. The molecule has 1 amide bonds. The fourth-order valence-corrected chi connectivity index (χ4v) is 3.64. The zero-order chi connectivity index (χ0) is 17.6. The van der Waals surface area contributed by atoms with E-state index in [2.05, 4.69) is 10.4 Å². The highest BCUT2D eigenvalue weighted by Crippen LogP contribution is 2.39. The van der Waals surface area contributed by atoms with Crippen molar-refractivity contribution >= 4 is 11.7 Å². The number of phenolic OH excluding ortho intramolecular Hbond substituents is 2. The third-order valence-corrected chi connectivity index (χ3v) is 4.92. The van der Waals surface area contributed by atoms with Crippen LogP contribution in [-0.4, -0.2) is 39.1 Å². The molecule has 1 unspecified atom stereocenters. The Labute approximate surface area is 143 Å². The lowest BCUT2D eigenvalue weighted by Crippen LogP contribution is -2.28. The van der Waals surface area contributed by atoms with E-state index in [0.717, 1.165) is 12.8 Å². The highest BCUT2D eigenvalue weighted by Gasteiger charge is 2.34. The van der Waals surface area contributed by atoms with Gasteiger partial charge in [-0.15, -0.1) is 0 Å². The van der Waals surface area contributed by atoms with Gasteiger partial charge in [0.2, 0.25) is 5.91 Å². The molecule has 132 valence electrons. The van der Waals surface area contributed by atoms with Crippen LogP contribution >= 0.6 is 0 Å². The first-order chi connectivity index (χ1) is 12.0. The van der Waals surface area contributed by atoms with Crippen molar-refractivity contribution in [3.05, 3.63) is 39.7 Å². The number of nitrogens with one attached hydrogen (secondary N) is 2. The summed E-state index contributed by atoms with van der Waals surface area (Å²) < 4.78 is 7.10. The van der Waals surface area contributed by atoms with Gasteiger partial charge in [0, 0.05) is 25.6 Å². The minimum absolute atomic E-state index is 0.0671. The van der Waals surface area contributed by atoms with Gasteiger partial charge in [-0.2, -0.15) is 0 Å². The van der Waals surface area contributed by atoms with Gasteiger partial charge in [0.05, 0.1) is 11.6 Å². The van der Waals surface area contributed by atoms with E-state index in [-0.39, 0.29) is 35.4 Å². The van der Waals surface area contributed by atoms with Gasteiger partial charge in [-0.05, 0) is 30.5 Å². The molecule has 25 heavy (non-hydrogen) atoms. The normalized spacial score (nSPS) is 21.0. The Kier molecular flexibility index (Phi) is 3.76. The molecule has 0 aliphatic carbocycles. The number of hydrogen-bond donors (Lipinski definition) is 4. The van der Waals surface area contributed by atoms with Crippen molar-refractivity contribution in [2.75, 3.05) is 18.5 Å². The minimum Gasteiger partial charge on any atom is -0.504 e. The van der Waals surface area contributed by atoms with Crippen molar-refractivity contribution in [1.82, 2.24) is 9.78 Å². The summed E-state index contributed by atoms with van der Waals surface area (Å²) >= 11 is 0. The van der Waals surface area contributed by atoms with E-state index < -0.39 is 5.92 Å². The number of benzene rings is 1. The lowest BCUT2D eigenvalue weighted by molar-refractivity contribution is -0.116. The van der Waals surface area contributed by atoms with Crippen molar-refractivity contribution < 1.29 is 19.7 Å². The van der Waals surface area contributed by atoms with Crippen molar-refractivity contribution in [2.45, 2.75) is 31.2 Å². The van der Waals surface area contributed by atoms with Crippen molar-refractivity contribution in [1.29, 1.82) is 0 Å². The Balaban J connectivity index is 1.80. The number of H-pyrrole nitrogens is 1. The van der Waals surface area contributed by atoms with E-state index in [4.69, 9.17) is 4.74 Å². The molecular formula is C17H19N3O5. The second-order valence-electron chi connectivity index (χ2n) is 6.47. The van der Waals surface area contributed by atoms with Gasteiger partial charge >= 0.3 is 0 Å². The number of aromatic amines is 1. The maximum Gasteiger partial charge on any atom is 0.270 e. The number of phenols is 2. The van der Waals surface area contributed by atoms with Gasteiger partial charge in [-0.3, -0.25) is 19.4 Å². The van der Waals surface area contributed by atoms with Crippen LogP contribution in [0.1, 0.15) is 42.3 Å². The van der Waals surface area contributed by atoms with Gasteiger partial charge in [-0.25, -0.2) is 0 Å². The molecule has 2 aliphatic rings. The van der Waals surface area contributed by atoms with Crippen LogP contribution in [0, 0.1) is 0 Å². The van der Waals surface area contributed by atoms with E-state index >= 15 is 0 Å². The van der Waals surface area contributed by atoms with E-state index in [1.165, 1.54) is 12.1 Å². The molecule has 8 nitrogen and oxygen atoms in total. The van der Waals surface area contributed by atoms with E-state index in [9.17, 15) is 19.8 Å². The molecule has 0 bridgehead atoms. The zero-order valence-corrected chi connectivity index (χ0v) is 13.5. The van der Waals surface area contributed by atoms with Gasteiger partial charge in [0.1, 0.15) is 5.82 Å². The summed E-state index contributed by atoms with van der Waals surface area (Å²) in [4.78, 5) is 24.8. The molecule has 1 atom stereocenters.